The third-order valence-corrected chi connectivity index (χ3v) is 2.54. The molecular weight excluding hydrogens is 276 g/mol. The van der Waals surface area contributed by atoms with Crippen LogP contribution in [0.2, 0.25) is 0 Å². The molecule has 1 amide bonds. The lowest BCUT2D eigenvalue weighted by Crippen LogP contribution is -2.17. The predicted octanol–water partition coefficient (Wildman–Crippen LogP) is 1.46. The van der Waals surface area contributed by atoms with Gasteiger partial charge in [-0.1, -0.05) is 6.07 Å². The fraction of sp³-hybridized carbons (Fsp3) is 0. The average molecular weight is 286 g/mol. The second-order valence-electron chi connectivity index (χ2n) is 3.91. The van der Waals surface area contributed by atoms with E-state index in [1.807, 2.05) is 0 Å². The van der Waals surface area contributed by atoms with Gasteiger partial charge in [0.05, 0.1) is 16.7 Å². The van der Waals surface area contributed by atoms with Gasteiger partial charge >= 0.3 is 5.69 Å². The Bertz CT molecular complexity index is 701. The third kappa shape index (κ3) is 3.38. The summed E-state index contributed by atoms with van der Waals surface area (Å²) in [5, 5.41) is 24.0. The number of hydrogen-bond donors (Lipinski definition) is 2. The lowest BCUT2D eigenvalue weighted by Gasteiger charge is -2.00. The first-order chi connectivity index (χ1) is 10.1. The molecule has 0 fully saturated rings. The van der Waals surface area contributed by atoms with Gasteiger partial charge in [-0.15, -0.1) is 0 Å². The molecule has 8 heteroatoms. The number of phenolic OH excluding ortho intramolecular Hbond substituents is 1. The molecule has 0 aliphatic heterocycles. The maximum atomic E-state index is 11.7. The zero-order valence-electron chi connectivity index (χ0n) is 10.6. The number of aromatic nitrogens is 1. The van der Waals surface area contributed by atoms with Gasteiger partial charge in [0.1, 0.15) is 0 Å². The summed E-state index contributed by atoms with van der Waals surface area (Å²) in [7, 11) is 0. The maximum absolute atomic E-state index is 11.7. The number of hydrogen-bond acceptors (Lipinski definition) is 6. The number of pyridine rings is 1. The molecule has 0 atom stereocenters. The monoisotopic (exact) mass is 286 g/mol. The second kappa shape index (κ2) is 6.24. The molecular formula is C13H10N4O4. The van der Waals surface area contributed by atoms with Gasteiger partial charge in [0.25, 0.3) is 5.91 Å². The molecule has 1 aromatic heterocycles. The van der Waals surface area contributed by atoms with Gasteiger partial charge in [-0.3, -0.25) is 19.9 Å². The standard InChI is InChI=1S/C13H10N4O4/c18-12-9(3-1-5-11(12)17(20)21)8-15-16-13(19)10-4-2-6-14-7-10/h1-8,18H,(H,16,19). The van der Waals surface area contributed by atoms with Gasteiger partial charge in [-0.05, 0) is 18.2 Å². The fourth-order valence-corrected chi connectivity index (χ4v) is 1.52. The minimum Gasteiger partial charge on any atom is -0.502 e. The van der Waals surface area contributed by atoms with E-state index < -0.39 is 22.3 Å². The van der Waals surface area contributed by atoms with Crippen LogP contribution in [-0.2, 0) is 0 Å². The number of nitro groups is 1. The molecule has 2 aromatic rings. The highest BCUT2D eigenvalue weighted by atomic mass is 16.6. The summed E-state index contributed by atoms with van der Waals surface area (Å²) >= 11 is 0. The topological polar surface area (TPSA) is 118 Å². The molecule has 2 N–H and O–H groups in total. The Hall–Kier alpha value is -3.29. The number of carbonyl (C=O) groups excluding carboxylic acids is 1. The first-order valence-corrected chi connectivity index (χ1v) is 5.79. The maximum Gasteiger partial charge on any atom is 0.311 e. The minimum absolute atomic E-state index is 0.121. The van der Waals surface area contributed by atoms with Gasteiger partial charge in [0.15, 0.2) is 0 Å². The number of nitrogens with zero attached hydrogens (tertiary/aromatic N) is 3. The van der Waals surface area contributed by atoms with Gasteiger partial charge < -0.3 is 5.11 Å². The summed E-state index contributed by atoms with van der Waals surface area (Å²) in [5.74, 6) is -0.994. The van der Waals surface area contributed by atoms with Crippen molar-refractivity contribution in [1.29, 1.82) is 0 Å². The van der Waals surface area contributed by atoms with Crippen LogP contribution in [0.1, 0.15) is 15.9 Å². The smallest absolute Gasteiger partial charge is 0.311 e. The highest BCUT2D eigenvalue weighted by Crippen LogP contribution is 2.27. The summed E-state index contributed by atoms with van der Waals surface area (Å²) < 4.78 is 0. The molecule has 0 aliphatic rings. The van der Waals surface area contributed by atoms with Crippen molar-refractivity contribution in [2.75, 3.05) is 0 Å². The molecule has 0 radical (unpaired) electrons. The first kappa shape index (κ1) is 14.1. The second-order valence-corrected chi connectivity index (χ2v) is 3.91. The van der Waals surface area contributed by atoms with Crippen molar-refractivity contribution in [1.82, 2.24) is 10.4 Å². The number of phenols is 1. The summed E-state index contributed by atoms with van der Waals surface area (Å²) in [6, 6.07) is 7.17. The fourth-order valence-electron chi connectivity index (χ4n) is 1.52. The lowest BCUT2D eigenvalue weighted by atomic mass is 10.2. The molecule has 0 saturated carbocycles. The summed E-state index contributed by atoms with van der Waals surface area (Å²) in [6.45, 7) is 0. The number of para-hydroxylation sites is 1. The van der Waals surface area contributed by atoms with Crippen molar-refractivity contribution in [3.05, 3.63) is 64.0 Å². The van der Waals surface area contributed by atoms with Gasteiger partial charge in [-0.25, -0.2) is 5.43 Å². The molecule has 21 heavy (non-hydrogen) atoms. The Kier molecular flexibility index (Phi) is 4.20. The number of nitro benzene ring substituents is 1. The van der Waals surface area contributed by atoms with Crippen LogP contribution in [0.3, 0.4) is 0 Å². The number of rotatable bonds is 4. The minimum atomic E-state index is -0.707. The summed E-state index contributed by atoms with van der Waals surface area (Å²) in [5.41, 5.74) is 2.24. The third-order valence-electron chi connectivity index (χ3n) is 2.54. The quantitative estimate of drug-likeness (QED) is 0.501. The van der Waals surface area contributed by atoms with Crippen molar-refractivity contribution in [2.45, 2.75) is 0 Å². The molecule has 1 heterocycles. The molecule has 0 spiro atoms. The van der Waals surface area contributed by atoms with Gasteiger partial charge in [-0.2, -0.15) is 5.10 Å². The summed E-state index contributed by atoms with van der Waals surface area (Å²) in [4.78, 5) is 25.4. The van der Waals surface area contributed by atoms with E-state index in [4.69, 9.17) is 0 Å². The molecule has 2 rings (SSSR count). The van der Waals surface area contributed by atoms with Crippen LogP contribution >= 0.6 is 0 Å². The molecule has 0 saturated heterocycles. The number of nitrogens with one attached hydrogen (secondary N) is 1. The van der Waals surface area contributed by atoms with Gasteiger partial charge in [0, 0.05) is 24.0 Å². The zero-order valence-corrected chi connectivity index (χ0v) is 10.6. The Morgan fingerprint density at radius 2 is 2.19 bits per heavy atom. The van der Waals surface area contributed by atoms with Crippen molar-refractivity contribution < 1.29 is 14.8 Å². The van der Waals surface area contributed by atoms with E-state index in [9.17, 15) is 20.0 Å². The molecule has 106 valence electrons. The SMILES string of the molecule is O=C(NN=Cc1cccc([N+](=O)[O-])c1O)c1cccnc1. The predicted molar refractivity (Wildman–Crippen MR) is 74.1 cm³/mol. The Morgan fingerprint density at radius 1 is 1.38 bits per heavy atom. The van der Waals surface area contributed by atoms with Crippen LogP contribution in [0.25, 0.3) is 0 Å². The van der Waals surface area contributed by atoms with Crippen molar-refractivity contribution >= 4 is 17.8 Å². The number of carbonyl (C=O) groups is 1. The largest absolute Gasteiger partial charge is 0.502 e. The molecule has 0 unspecified atom stereocenters. The average Bonchev–Trinajstić information content (AvgIpc) is 2.49. The summed E-state index contributed by atoms with van der Waals surface area (Å²) in [6.07, 6.45) is 4.02. The van der Waals surface area contributed by atoms with Crippen LogP contribution in [0, 0.1) is 10.1 Å². The molecule has 0 bridgehead atoms. The number of benzene rings is 1. The number of aromatic hydroxyl groups is 1. The lowest BCUT2D eigenvalue weighted by molar-refractivity contribution is -0.385. The highest BCUT2D eigenvalue weighted by molar-refractivity contribution is 5.94. The van der Waals surface area contributed by atoms with E-state index in [0.717, 1.165) is 6.21 Å². The van der Waals surface area contributed by atoms with Crippen LogP contribution in [0.5, 0.6) is 5.75 Å². The number of amides is 1. The first-order valence-electron chi connectivity index (χ1n) is 5.79. The van der Waals surface area contributed by atoms with Crippen molar-refractivity contribution in [3.63, 3.8) is 0 Å². The Morgan fingerprint density at radius 3 is 2.86 bits per heavy atom. The highest BCUT2D eigenvalue weighted by Gasteiger charge is 2.15. The Labute approximate surface area is 118 Å². The van der Waals surface area contributed by atoms with Crippen LogP contribution in [0.4, 0.5) is 5.69 Å². The van der Waals surface area contributed by atoms with Crippen LogP contribution in [-0.4, -0.2) is 27.1 Å². The molecule has 1 aromatic carbocycles. The van der Waals surface area contributed by atoms with E-state index in [-0.39, 0.29) is 5.56 Å². The normalized spacial score (nSPS) is 10.5. The van der Waals surface area contributed by atoms with E-state index >= 15 is 0 Å². The van der Waals surface area contributed by atoms with E-state index in [2.05, 4.69) is 15.5 Å². The van der Waals surface area contributed by atoms with Crippen molar-refractivity contribution in [3.8, 4) is 5.75 Å². The van der Waals surface area contributed by atoms with Crippen molar-refractivity contribution in [2.24, 2.45) is 5.10 Å². The van der Waals surface area contributed by atoms with Crippen LogP contribution in [0.15, 0.2) is 47.8 Å². The van der Waals surface area contributed by atoms with E-state index in [1.54, 1.807) is 12.1 Å². The van der Waals surface area contributed by atoms with E-state index in [1.165, 1.54) is 30.6 Å². The number of hydrazone groups is 1. The molecule has 0 aliphatic carbocycles. The van der Waals surface area contributed by atoms with E-state index in [0.29, 0.717) is 5.56 Å². The Balaban J connectivity index is 2.10. The zero-order chi connectivity index (χ0) is 15.2. The van der Waals surface area contributed by atoms with Gasteiger partial charge in [0.2, 0.25) is 5.75 Å². The molecule has 8 nitrogen and oxygen atoms in total. The van der Waals surface area contributed by atoms with Crippen LogP contribution < -0.4 is 5.43 Å².